The third-order valence-corrected chi connectivity index (χ3v) is 4.12. The predicted molar refractivity (Wildman–Crippen MR) is 79.1 cm³/mol. The molecule has 20 heavy (non-hydrogen) atoms. The molecule has 0 aliphatic carbocycles. The van der Waals surface area contributed by atoms with Crippen molar-refractivity contribution in [2.24, 2.45) is 5.41 Å². The number of hydrogen-bond donors (Lipinski definition) is 1. The fourth-order valence-electron chi connectivity index (χ4n) is 3.16. The van der Waals surface area contributed by atoms with Gasteiger partial charge in [0, 0.05) is 31.2 Å². The van der Waals surface area contributed by atoms with Gasteiger partial charge in [0.1, 0.15) is 5.82 Å². The molecule has 0 aromatic heterocycles. The molecule has 1 heterocycles. The Kier molecular flexibility index (Phi) is 5.52. The van der Waals surface area contributed by atoms with Crippen LogP contribution in [0.5, 0.6) is 0 Å². The summed E-state index contributed by atoms with van der Waals surface area (Å²) in [6.07, 6.45) is 2.23. The second kappa shape index (κ2) is 7.16. The summed E-state index contributed by atoms with van der Waals surface area (Å²) in [6.45, 7) is 4.44. The predicted octanol–water partition coefficient (Wildman–Crippen LogP) is 2.27. The van der Waals surface area contributed by atoms with E-state index in [1.807, 2.05) is 12.1 Å². The Morgan fingerprint density at radius 1 is 1.30 bits per heavy atom. The summed E-state index contributed by atoms with van der Waals surface area (Å²) in [5.74, 6) is -0.120. The number of piperidine rings is 1. The van der Waals surface area contributed by atoms with E-state index in [1.165, 1.54) is 6.07 Å². The summed E-state index contributed by atoms with van der Waals surface area (Å²) in [6, 6.07) is 7.01. The van der Waals surface area contributed by atoms with Gasteiger partial charge in [-0.1, -0.05) is 18.2 Å². The van der Waals surface area contributed by atoms with Crippen LogP contribution in [0.2, 0.25) is 0 Å². The first-order chi connectivity index (χ1) is 9.65. The van der Waals surface area contributed by atoms with E-state index in [9.17, 15) is 4.39 Å². The van der Waals surface area contributed by atoms with Crippen molar-refractivity contribution in [3.63, 3.8) is 0 Å². The van der Waals surface area contributed by atoms with Gasteiger partial charge in [-0.05, 0) is 39.0 Å². The molecule has 1 saturated heterocycles. The van der Waals surface area contributed by atoms with E-state index < -0.39 is 0 Å². The molecule has 0 atom stereocenters. The molecule has 0 saturated carbocycles. The van der Waals surface area contributed by atoms with Crippen molar-refractivity contribution in [1.82, 2.24) is 10.2 Å². The van der Waals surface area contributed by atoms with Crippen molar-refractivity contribution in [1.29, 1.82) is 0 Å². The van der Waals surface area contributed by atoms with E-state index in [0.717, 1.165) is 44.6 Å². The summed E-state index contributed by atoms with van der Waals surface area (Å²) in [7, 11) is 3.83. The average Bonchev–Trinajstić information content (AvgIpc) is 2.42. The van der Waals surface area contributed by atoms with E-state index in [0.29, 0.717) is 6.54 Å². The zero-order chi connectivity index (χ0) is 14.4. The molecular formula is C16H25FN2O. The lowest BCUT2D eigenvalue weighted by molar-refractivity contribution is 0.0267. The van der Waals surface area contributed by atoms with Crippen LogP contribution in [0.25, 0.3) is 0 Å². The second-order valence-corrected chi connectivity index (χ2v) is 5.95. The Labute approximate surface area is 121 Å². The van der Waals surface area contributed by atoms with Crippen molar-refractivity contribution in [2.75, 3.05) is 40.4 Å². The Bertz CT molecular complexity index is 413. The van der Waals surface area contributed by atoms with Crippen LogP contribution in [-0.4, -0.2) is 45.3 Å². The average molecular weight is 280 g/mol. The molecule has 1 aliphatic heterocycles. The van der Waals surface area contributed by atoms with Crippen LogP contribution in [0.15, 0.2) is 24.3 Å². The van der Waals surface area contributed by atoms with Crippen molar-refractivity contribution >= 4 is 0 Å². The van der Waals surface area contributed by atoms with E-state index in [4.69, 9.17) is 4.74 Å². The molecule has 0 radical (unpaired) electrons. The maximum atomic E-state index is 13.7. The summed E-state index contributed by atoms with van der Waals surface area (Å²) < 4.78 is 19.1. The third kappa shape index (κ3) is 4.01. The number of methoxy groups -OCH3 is 1. The van der Waals surface area contributed by atoms with Gasteiger partial charge in [-0.2, -0.15) is 0 Å². The molecule has 0 amide bonds. The van der Waals surface area contributed by atoms with Gasteiger partial charge in [0.15, 0.2) is 0 Å². The van der Waals surface area contributed by atoms with Crippen molar-refractivity contribution in [2.45, 2.75) is 19.4 Å². The molecular weight excluding hydrogens is 255 g/mol. The summed E-state index contributed by atoms with van der Waals surface area (Å²) in [4.78, 5) is 2.21. The Hall–Kier alpha value is -0.970. The fraction of sp³-hybridized carbons (Fsp3) is 0.625. The second-order valence-electron chi connectivity index (χ2n) is 5.95. The highest BCUT2D eigenvalue weighted by Crippen LogP contribution is 2.30. The van der Waals surface area contributed by atoms with Crippen LogP contribution >= 0.6 is 0 Å². The number of halogens is 1. The smallest absolute Gasteiger partial charge is 0.127 e. The molecule has 112 valence electrons. The van der Waals surface area contributed by atoms with Crippen LogP contribution in [0.1, 0.15) is 18.4 Å². The first-order valence-corrected chi connectivity index (χ1v) is 7.27. The lowest BCUT2D eigenvalue weighted by atomic mass is 9.79. The van der Waals surface area contributed by atoms with Gasteiger partial charge in [0.05, 0.1) is 6.61 Å². The third-order valence-electron chi connectivity index (χ3n) is 4.12. The molecule has 2 rings (SSSR count). The highest BCUT2D eigenvalue weighted by molar-refractivity contribution is 5.17. The van der Waals surface area contributed by atoms with Crippen LogP contribution in [0.4, 0.5) is 4.39 Å². The van der Waals surface area contributed by atoms with Gasteiger partial charge in [-0.3, -0.25) is 0 Å². The molecule has 0 bridgehead atoms. The zero-order valence-electron chi connectivity index (χ0n) is 12.5. The molecule has 0 spiro atoms. The van der Waals surface area contributed by atoms with Gasteiger partial charge in [-0.25, -0.2) is 4.39 Å². The lowest BCUT2D eigenvalue weighted by Gasteiger charge is -2.40. The van der Waals surface area contributed by atoms with E-state index in [-0.39, 0.29) is 11.2 Å². The fourth-order valence-corrected chi connectivity index (χ4v) is 3.16. The van der Waals surface area contributed by atoms with Gasteiger partial charge in [0.2, 0.25) is 0 Å². The number of ether oxygens (including phenoxy) is 1. The van der Waals surface area contributed by atoms with Crippen LogP contribution in [-0.2, 0) is 11.3 Å². The molecule has 3 nitrogen and oxygen atoms in total. The molecule has 0 unspecified atom stereocenters. The van der Waals surface area contributed by atoms with E-state index in [2.05, 4.69) is 17.3 Å². The molecule has 1 aromatic rings. The Morgan fingerprint density at radius 3 is 2.65 bits per heavy atom. The number of rotatable bonds is 6. The number of nitrogens with one attached hydrogen (secondary N) is 1. The first-order valence-electron chi connectivity index (χ1n) is 7.27. The minimum atomic E-state index is -0.120. The molecule has 4 heteroatoms. The number of benzene rings is 1. The lowest BCUT2D eigenvalue weighted by Crippen LogP contribution is -2.46. The molecule has 1 fully saturated rings. The van der Waals surface area contributed by atoms with Gasteiger partial charge < -0.3 is 15.0 Å². The molecule has 1 aliphatic rings. The van der Waals surface area contributed by atoms with Crippen LogP contribution in [0.3, 0.4) is 0 Å². The van der Waals surface area contributed by atoms with Gasteiger partial charge in [0.25, 0.3) is 0 Å². The molecule has 1 aromatic carbocycles. The van der Waals surface area contributed by atoms with Crippen LogP contribution in [0, 0.1) is 11.2 Å². The first kappa shape index (κ1) is 15.4. The van der Waals surface area contributed by atoms with Crippen molar-refractivity contribution in [3.05, 3.63) is 35.6 Å². The van der Waals surface area contributed by atoms with Crippen molar-refractivity contribution < 1.29 is 9.13 Å². The minimum Gasteiger partial charge on any atom is -0.384 e. The highest BCUT2D eigenvalue weighted by atomic mass is 19.1. The summed E-state index contributed by atoms with van der Waals surface area (Å²) >= 11 is 0. The standard InChI is InChI=1S/C16H25FN2O/c1-19(11-14-5-3-4-6-15(14)17)12-16(13-20-2)7-9-18-10-8-16/h3-6,18H,7-13H2,1-2H3. The highest BCUT2D eigenvalue weighted by Gasteiger charge is 2.33. The number of hydrogen-bond acceptors (Lipinski definition) is 3. The number of nitrogens with zero attached hydrogens (tertiary/aromatic N) is 1. The summed E-state index contributed by atoms with van der Waals surface area (Å²) in [5.41, 5.74) is 0.955. The monoisotopic (exact) mass is 280 g/mol. The minimum absolute atomic E-state index is 0.120. The maximum absolute atomic E-state index is 13.7. The van der Waals surface area contributed by atoms with Gasteiger partial charge in [-0.15, -0.1) is 0 Å². The van der Waals surface area contributed by atoms with Crippen molar-refractivity contribution in [3.8, 4) is 0 Å². The summed E-state index contributed by atoms with van der Waals surface area (Å²) in [5, 5.41) is 3.40. The molecule has 1 N–H and O–H groups in total. The normalized spacial score (nSPS) is 18.4. The Morgan fingerprint density at radius 2 is 2.00 bits per heavy atom. The largest absolute Gasteiger partial charge is 0.384 e. The quantitative estimate of drug-likeness (QED) is 0.865. The van der Waals surface area contributed by atoms with E-state index >= 15 is 0 Å². The zero-order valence-corrected chi connectivity index (χ0v) is 12.5. The SMILES string of the molecule is COCC1(CN(C)Cc2ccccc2F)CCNCC1. The van der Waals surface area contributed by atoms with Gasteiger partial charge >= 0.3 is 0 Å². The maximum Gasteiger partial charge on any atom is 0.127 e. The van der Waals surface area contributed by atoms with Crippen LogP contribution < -0.4 is 5.32 Å². The van der Waals surface area contributed by atoms with E-state index in [1.54, 1.807) is 13.2 Å². The Balaban J connectivity index is 1.98. The topological polar surface area (TPSA) is 24.5 Å².